The van der Waals surface area contributed by atoms with Crippen molar-refractivity contribution in [3.8, 4) is 6.07 Å². The van der Waals surface area contributed by atoms with Crippen LogP contribution < -0.4 is 0 Å². The van der Waals surface area contributed by atoms with E-state index in [2.05, 4.69) is 15.9 Å². The molecule has 0 saturated carbocycles. The van der Waals surface area contributed by atoms with Gasteiger partial charge in [0.05, 0.1) is 11.6 Å². The maximum absolute atomic E-state index is 12.2. The van der Waals surface area contributed by atoms with Gasteiger partial charge in [0.1, 0.15) is 0 Å². The van der Waals surface area contributed by atoms with Crippen molar-refractivity contribution in [2.24, 2.45) is 0 Å². The van der Waals surface area contributed by atoms with Crippen LogP contribution >= 0.6 is 15.9 Å². The third-order valence-corrected chi connectivity index (χ3v) is 3.77. The summed E-state index contributed by atoms with van der Waals surface area (Å²) >= 11 is 3.30. The monoisotopic (exact) mass is 383 g/mol. The molecule has 0 bridgehead atoms. The van der Waals surface area contributed by atoms with Crippen LogP contribution in [0.2, 0.25) is 0 Å². The van der Waals surface area contributed by atoms with Crippen LogP contribution in [0.4, 0.5) is 0 Å². The minimum absolute atomic E-state index is 0.261. The summed E-state index contributed by atoms with van der Waals surface area (Å²) in [7, 11) is 0. The van der Waals surface area contributed by atoms with E-state index >= 15 is 0 Å². The van der Waals surface area contributed by atoms with Gasteiger partial charge in [0.25, 0.3) is 0 Å². The molecular formula is C19H14BrNO3. The summed E-state index contributed by atoms with van der Waals surface area (Å²) in [5.41, 5.74) is 1.79. The second-order valence-corrected chi connectivity index (χ2v) is 5.93. The van der Waals surface area contributed by atoms with E-state index in [-0.39, 0.29) is 5.78 Å². The molecule has 2 rings (SSSR count). The van der Waals surface area contributed by atoms with Gasteiger partial charge in [-0.15, -0.1) is 0 Å². The summed E-state index contributed by atoms with van der Waals surface area (Å²) < 4.78 is 5.99. The molecule has 1 atom stereocenters. The molecule has 4 nitrogen and oxygen atoms in total. The molecule has 120 valence electrons. The number of nitriles is 1. The number of ketones is 1. The van der Waals surface area contributed by atoms with Gasteiger partial charge in [-0.1, -0.05) is 40.2 Å². The molecule has 0 aliphatic rings. The Balaban J connectivity index is 1.95. The Hall–Kier alpha value is -2.71. The highest BCUT2D eigenvalue weighted by molar-refractivity contribution is 9.10. The molecule has 0 radical (unpaired) electrons. The second-order valence-electron chi connectivity index (χ2n) is 5.02. The van der Waals surface area contributed by atoms with Crippen LogP contribution in [0.1, 0.15) is 28.4 Å². The molecule has 24 heavy (non-hydrogen) atoms. The lowest BCUT2D eigenvalue weighted by Crippen LogP contribution is -2.23. The van der Waals surface area contributed by atoms with Crippen LogP contribution in [-0.4, -0.2) is 17.9 Å². The zero-order chi connectivity index (χ0) is 17.5. The number of benzene rings is 2. The number of halogens is 1. The van der Waals surface area contributed by atoms with Gasteiger partial charge in [0, 0.05) is 16.1 Å². The van der Waals surface area contributed by atoms with Gasteiger partial charge in [-0.2, -0.15) is 5.26 Å². The average molecular weight is 384 g/mol. The quantitative estimate of drug-likeness (QED) is 0.441. The fraction of sp³-hybridized carbons (Fsp3) is 0.105. The van der Waals surface area contributed by atoms with E-state index in [0.29, 0.717) is 11.1 Å². The highest BCUT2D eigenvalue weighted by Crippen LogP contribution is 2.13. The maximum atomic E-state index is 12.2. The largest absolute Gasteiger partial charge is 0.451 e. The predicted molar refractivity (Wildman–Crippen MR) is 94.2 cm³/mol. The minimum atomic E-state index is -0.871. The van der Waals surface area contributed by atoms with E-state index in [1.165, 1.54) is 13.0 Å². The Morgan fingerprint density at radius 2 is 1.75 bits per heavy atom. The maximum Gasteiger partial charge on any atom is 0.331 e. The summed E-state index contributed by atoms with van der Waals surface area (Å²) in [5, 5.41) is 8.73. The molecule has 0 aliphatic carbocycles. The third-order valence-electron chi connectivity index (χ3n) is 3.24. The van der Waals surface area contributed by atoms with Crippen LogP contribution in [0.3, 0.4) is 0 Å². The zero-order valence-electron chi connectivity index (χ0n) is 12.9. The standard InChI is InChI=1S/C19H14BrNO3/c1-13(19(23)16-7-9-17(20)10-8-16)24-18(22)11-6-14-2-4-15(12-21)5-3-14/h2-11,13H,1H3/b11-6+/t13-/m0/s1. The summed E-state index contributed by atoms with van der Waals surface area (Å²) in [4.78, 5) is 24.0. The van der Waals surface area contributed by atoms with E-state index in [4.69, 9.17) is 10.00 Å². The first-order chi connectivity index (χ1) is 11.5. The van der Waals surface area contributed by atoms with Crippen LogP contribution in [0.5, 0.6) is 0 Å². The second kappa shape index (κ2) is 8.23. The molecule has 0 heterocycles. The Morgan fingerprint density at radius 3 is 2.33 bits per heavy atom. The van der Waals surface area contributed by atoms with Gasteiger partial charge >= 0.3 is 5.97 Å². The SMILES string of the molecule is C[C@H](OC(=O)/C=C/c1ccc(C#N)cc1)C(=O)c1ccc(Br)cc1. The molecule has 5 heteroatoms. The number of ether oxygens (including phenoxy) is 1. The van der Waals surface area contributed by atoms with Gasteiger partial charge in [-0.25, -0.2) is 4.79 Å². The molecular weight excluding hydrogens is 370 g/mol. The van der Waals surface area contributed by atoms with Gasteiger partial charge in [0.2, 0.25) is 5.78 Å². The molecule has 0 spiro atoms. The first-order valence-electron chi connectivity index (χ1n) is 7.18. The molecule has 0 unspecified atom stereocenters. The predicted octanol–water partition coefficient (Wildman–Crippen LogP) is 4.15. The summed E-state index contributed by atoms with van der Waals surface area (Å²) in [6, 6.07) is 15.6. The lowest BCUT2D eigenvalue weighted by Gasteiger charge is -2.10. The van der Waals surface area contributed by atoms with Gasteiger partial charge in [0.15, 0.2) is 6.10 Å². The Morgan fingerprint density at radius 1 is 1.12 bits per heavy atom. The summed E-state index contributed by atoms with van der Waals surface area (Å²) in [5.74, 6) is -0.861. The molecule has 0 aliphatic heterocycles. The highest BCUT2D eigenvalue weighted by atomic mass is 79.9. The Labute approximate surface area is 148 Å². The molecule has 2 aromatic carbocycles. The lowest BCUT2D eigenvalue weighted by atomic mass is 10.1. The smallest absolute Gasteiger partial charge is 0.331 e. The van der Waals surface area contributed by atoms with E-state index in [1.807, 2.05) is 6.07 Å². The lowest BCUT2D eigenvalue weighted by molar-refractivity contribution is -0.140. The van der Waals surface area contributed by atoms with Crippen molar-refractivity contribution in [2.45, 2.75) is 13.0 Å². The Kier molecular flexibility index (Phi) is 6.05. The minimum Gasteiger partial charge on any atom is -0.451 e. The van der Waals surface area contributed by atoms with Gasteiger partial charge in [-0.05, 0) is 42.8 Å². The van der Waals surface area contributed by atoms with Gasteiger partial charge in [-0.3, -0.25) is 4.79 Å². The fourth-order valence-electron chi connectivity index (χ4n) is 1.95. The third kappa shape index (κ3) is 4.90. The molecule has 2 aromatic rings. The molecule has 0 N–H and O–H groups in total. The number of carbonyl (C=O) groups is 2. The van der Waals surface area contributed by atoms with Crippen molar-refractivity contribution in [1.29, 1.82) is 5.26 Å². The van der Waals surface area contributed by atoms with Crippen molar-refractivity contribution in [1.82, 2.24) is 0 Å². The number of Topliss-reactive ketones (excluding diaryl/α,β-unsaturated/α-hetero) is 1. The van der Waals surface area contributed by atoms with Crippen molar-refractivity contribution >= 4 is 33.8 Å². The normalized spacial score (nSPS) is 11.7. The van der Waals surface area contributed by atoms with Crippen molar-refractivity contribution in [3.63, 3.8) is 0 Å². The first kappa shape index (κ1) is 17.6. The number of hydrogen-bond donors (Lipinski definition) is 0. The Bertz CT molecular complexity index is 802. The van der Waals surface area contributed by atoms with Crippen molar-refractivity contribution in [3.05, 3.63) is 75.8 Å². The molecule has 0 amide bonds. The van der Waals surface area contributed by atoms with Crippen LogP contribution in [0.25, 0.3) is 6.08 Å². The number of esters is 1. The molecule has 0 saturated heterocycles. The van der Waals surface area contributed by atoms with E-state index in [0.717, 1.165) is 10.0 Å². The highest BCUT2D eigenvalue weighted by Gasteiger charge is 2.18. The van der Waals surface area contributed by atoms with Crippen molar-refractivity contribution in [2.75, 3.05) is 0 Å². The number of nitrogens with zero attached hydrogens (tertiary/aromatic N) is 1. The van der Waals surface area contributed by atoms with Crippen LogP contribution in [-0.2, 0) is 9.53 Å². The summed E-state index contributed by atoms with van der Waals surface area (Å²) in [6.07, 6.45) is 1.96. The fourth-order valence-corrected chi connectivity index (χ4v) is 2.21. The average Bonchev–Trinajstić information content (AvgIpc) is 2.60. The summed E-state index contributed by atoms with van der Waals surface area (Å²) in [6.45, 7) is 1.54. The van der Waals surface area contributed by atoms with Crippen molar-refractivity contribution < 1.29 is 14.3 Å². The van der Waals surface area contributed by atoms with E-state index in [9.17, 15) is 9.59 Å². The first-order valence-corrected chi connectivity index (χ1v) is 7.97. The zero-order valence-corrected chi connectivity index (χ0v) is 14.5. The molecule has 0 aromatic heterocycles. The van der Waals surface area contributed by atoms with E-state index < -0.39 is 12.1 Å². The van der Waals surface area contributed by atoms with Crippen LogP contribution in [0, 0.1) is 11.3 Å². The number of carbonyl (C=O) groups excluding carboxylic acids is 2. The number of hydrogen-bond acceptors (Lipinski definition) is 4. The molecule has 0 fully saturated rings. The number of rotatable bonds is 5. The topological polar surface area (TPSA) is 67.2 Å². The van der Waals surface area contributed by atoms with Crippen LogP contribution in [0.15, 0.2) is 59.1 Å². The van der Waals surface area contributed by atoms with E-state index in [1.54, 1.807) is 54.6 Å². The van der Waals surface area contributed by atoms with Gasteiger partial charge < -0.3 is 4.74 Å².